The molecule has 0 aromatic heterocycles. The molecule has 0 aliphatic rings. The molecule has 1 amide bonds. The first-order chi connectivity index (χ1) is 10.9. The average Bonchev–Trinajstić information content (AvgIpc) is 2.49. The average molecular weight is 312 g/mol. The van der Waals surface area contributed by atoms with Crippen LogP contribution >= 0.6 is 0 Å². The minimum absolute atomic E-state index is 0.277. The smallest absolute Gasteiger partial charge is 0.410 e. The quantitative estimate of drug-likeness (QED) is 0.769. The van der Waals surface area contributed by atoms with E-state index in [0.717, 1.165) is 16.8 Å². The van der Waals surface area contributed by atoms with Gasteiger partial charge in [0.15, 0.2) is 0 Å². The molecule has 2 rings (SSSR count). The Bertz CT molecular complexity index is 650. The van der Waals surface area contributed by atoms with Crippen molar-refractivity contribution in [3.8, 4) is 5.75 Å². The predicted molar refractivity (Wildman–Crippen MR) is 95.1 cm³/mol. The molecule has 0 unspecified atom stereocenters. The Labute approximate surface area is 137 Å². The number of rotatable bonds is 4. The molecule has 0 bridgehead atoms. The lowest BCUT2D eigenvalue weighted by molar-refractivity contribution is 0.215. The molecule has 4 heteroatoms. The Morgan fingerprint density at radius 1 is 1.00 bits per heavy atom. The molecule has 0 saturated carbocycles. The SMILES string of the molecule is CC(C)c1cc(NC(=O)Oc2ccccc2)cc(C(C)C)c1N. The van der Waals surface area contributed by atoms with Crippen LogP contribution in [0.25, 0.3) is 0 Å². The number of para-hydroxylation sites is 1. The van der Waals surface area contributed by atoms with E-state index in [1.54, 1.807) is 12.1 Å². The number of amides is 1. The van der Waals surface area contributed by atoms with Crippen molar-refractivity contribution in [1.82, 2.24) is 0 Å². The van der Waals surface area contributed by atoms with E-state index in [1.807, 2.05) is 30.3 Å². The number of nitrogen functional groups attached to an aromatic ring is 1. The molecule has 23 heavy (non-hydrogen) atoms. The Morgan fingerprint density at radius 2 is 1.52 bits per heavy atom. The molecular weight excluding hydrogens is 288 g/mol. The summed E-state index contributed by atoms with van der Waals surface area (Å²) >= 11 is 0. The monoisotopic (exact) mass is 312 g/mol. The largest absolute Gasteiger partial charge is 0.417 e. The third kappa shape index (κ3) is 4.25. The number of hydrogen-bond donors (Lipinski definition) is 2. The van der Waals surface area contributed by atoms with E-state index in [0.29, 0.717) is 11.4 Å². The fraction of sp³-hybridized carbons (Fsp3) is 0.316. The maximum Gasteiger partial charge on any atom is 0.417 e. The summed E-state index contributed by atoms with van der Waals surface area (Å²) in [5.74, 6) is 1.06. The summed E-state index contributed by atoms with van der Waals surface area (Å²) in [5.41, 5.74) is 9.84. The van der Waals surface area contributed by atoms with Crippen LogP contribution in [0.2, 0.25) is 0 Å². The van der Waals surface area contributed by atoms with Gasteiger partial charge >= 0.3 is 6.09 Å². The third-order valence-corrected chi connectivity index (χ3v) is 3.69. The van der Waals surface area contributed by atoms with Gasteiger partial charge in [0.25, 0.3) is 0 Å². The summed E-state index contributed by atoms with van der Waals surface area (Å²) in [7, 11) is 0. The highest BCUT2D eigenvalue weighted by molar-refractivity contribution is 5.87. The van der Waals surface area contributed by atoms with Crippen LogP contribution < -0.4 is 15.8 Å². The molecule has 0 fully saturated rings. The zero-order valence-corrected chi connectivity index (χ0v) is 14.1. The zero-order chi connectivity index (χ0) is 17.0. The Kier molecular flexibility index (Phi) is 5.27. The predicted octanol–water partition coefficient (Wildman–Crippen LogP) is 5.13. The van der Waals surface area contributed by atoms with Crippen molar-refractivity contribution in [3.63, 3.8) is 0 Å². The fourth-order valence-corrected chi connectivity index (χ4v) is 2.47. The lowest BCUT2D eigenvalue weighted by atomic mass is 9.92. The van der Waals surface area contributed by atoms with Crippen molar-refractivity contribution in [2.45, 2.75) is 39.5 Å². The molecule has 3 N–H and O–H groups in total. The van der Waals surface area contributed by atoms with Gasteiger partial charge in [0, 0.05) is 11.4 Å². The van der Waals surface area contributed by atoms with Crippen molar-refractivity contribution in [3.05, 3.63) is 53.6 Å². The van der Waals surface area contributed by atoms with Crippen molar-refractivity contribution in [2.75, 3.05) is 11.1 Å². The molecule has 0 heterocycles. The topological polar surface area (TPSA) is 64.3 Å². The molecule has 0 atom stereocenters. The first kappa shape index (κ1) is 16.9. The minimum atomic E-state index is -0.509. The van der Waals surface area contributed by atoms with Gasteiger partial charge < -0.3 is 10.5 Å². The second-order valence-corrected chi connectivity index (χ2v) is 6.21. The molecule has 2 aromatic rings. The summed E-state index contributed by atoms with van der Waals surface area (Å²) in [6.45, 7) is 8.34. The van der Waals surface area contributed by atoms with Crippen LogP contribution in [0.5, 0.6) is 5.75 Å². The van der Waals surface area contributed by atoms with Gasteiger partial charge in [0.1, 0.15) is 5.75 Å². The summed E-state index contributed by atoms with van der Waals surface area (Å²) < 4.78 is 5.27. The summed E-state index contributed by atoms with van der Waals surface area (Å²) in [6, 6.07) is 12.8. The maximum atomic E-state index is 12.1. The van der Waals surface area contributed by atoms with E-state index < -0.39 is 6.09 Å². The number of nitrogens with two attached hydrogens (primary N) is 1. The minimum Gasteiger partial charge on any atom is -0.410 e. The summed E-state index contributed by atoms with van der Waals surface area (Å²) in [6.07, 6.45) is -0.509. The van der Waals surface area contributed by atoms with E-state index in [-0.39, 0.29) is 11.8 Å². The summed E-state index contributed by atoms with van der Waals surface area (Å²) in [5, 5.41) is 2.79. The molecule has 0 spiro atoms. The van der Waals surface area contributed by atoms with E-state index in [2.05, 4.69) is 33.0 Å². The van der Waals surface area contributed by atoms with Crippen LogP contribution in [0.1, 0.15) is 50.7 Å². The van der Waals surface area contributed by atoms with Crippen molar-refractivity contribution in [1.29, 1.82) is 0 Å². The third-order valence-electron chi connectivity index (χ3n) is 3.69. The summed E-state index contributed by atoms with van der Waals surface area (Å²) in [4.78, 5) is 12.1. The number of ether oxygens (including phenoxy) is 1. The highest BCUT2D eigenvalue weighted by atomic mass is 16.6. The van der Waals surface area contributed by atoms with Crippen LogP contribution in [-0.2, 0) is 0 Å². The zero-order valence-electron chi connectivity index (χ0n) is 14.1. The van der Waals surface area contributed by atoms with E-state index >= 15 is 0 Å². The lowest BCUT2D eigenvalue weighted by Gasteiger charge is -2.19. The second-order valence-electron chi connectivity index (χ2n) is 6.21. The number of benzene rings is 2. The van der Waals surface area contributed by atoms with Crippen molar-refractivity contribution < 1.29 is 9.53 Å². The normalized spacial score (nSPS) is 10.9. The van der Waals surface area contributed by atoms with Gasteiger partial charge in [-0.2, -0.15) is 0 Å². The fourth-order valence-electron chi connectivity index (χ4n) is 2.47. The van der Waals surface area contributed by atoms with Crippen LogP contribution in [0.3, 0.4) is 0 Å². The van der Waals surface area contributed by atoms with E-state index in [4.69, 9.17) is 10.5 Å². The molecule has 4 nitrogen and oxygen atoms in total. The Morgan fingerprint density at radius 3 is 2.00 bits per heavy atom. The first-order valence-electron chi connectivity index (χ1n) is 7.85. The van der Waals surface area contributed by atoms with Crippen LogP contribution in [0, 0.1) is 0 Å². The highest BCUT2D eigenvalue weighted by Crippen LogP contribution is 2.33. The Balaban J connectivity index is 2.23. The van der Waals surface area contributed by atoms with Gasteiger partial charge in [0.05, 0.1) is 0 Å². The van der Waals surface area contributed by atoms with Gasteiger partial charge in [-0.05, 0) is 47.2 Å². The van der Waals surface area contributed by atoms with Crippen molar-refractivity contribution in [2.24, 2.45) is 0 Å². The van der Waals surface area contributed by atoms with Crippen LogP contribution in [-0.4, -0.2) is 6.09 Å². The second kappa shape index (κ2) is 7.18. The van der Waals surface area contributed by atoms with E-state index in [9.17, 15) is 4.79 Å². The number of carbonyl (C=O) groups is 1. The van der Waals surface area contributed by atoms with Crippen LogP contribution in [0.4, 0.5) is 16.2 Å². The number of nitrogens with one attached hydrogen (secondary N) is 1. The molecule has 2 aromatic carbocycles. The lowest BCUT2D eigenvalue weighted by Crippen LogP contribution is -2.17. The van der Waals surface area contributed by atoms with Gasteiger partial charge in [-0.15, -0.1) is 0 Å². The van der Waals surface area contributed by atoms with Gasteiger partial charge in [0.2, 0.25) is 0 Å². The van der Waals surface area contributed by atoms with Gasteiger partial charge in [-0.1, -0.05) is 45.9 Å². The standard InChI is InChI=1S/C19H24N2O2/c1-12(2)16-10-14(11-17(13(3)4)18(16)20)21-19(22)23-15-8-6-5-7-9-15/h5-13H,20H2,1-4H3,(H,21,22). The van der Waals surface area contributed by atoms with Gasteiger partial charge in [-0.3, -0.25) is 5.32 Å². The van der Waals surface area contributed by atoms with Gasteiger partial charge in [-0.25, -0.2) is 4.79 Å². The molecular formula is C19H24N2O2. The molecule has 0 aliphatic heterocycles. The molecule has 0 aliphatic carbocycles. The molecule has 0 radical (unpaired) electrons. The number of hydrogen-bond acceptors (Lipinski definition) is 3. The number of carbonyl (C=O) groups excluding carboxylic acids is 1. The maximum absolute atomic E-state index is 12.1. The highest BCUT2D eigenvalue weighted by Gasteiger charge is 2.15. The molecule has 122 valence electrons. The molecule has 0 saturated heterocycles. The van der Waals surface area contributed by atoms with E-state index in [1.165, 1.54) is 0 Å². The Hall–Kier alpha value is -2.49. The van der Waals surface area contributed by atoms with Crippen molar-refractivity contribution >= 4 is 17.5 Å². The number of anilines is 2. The first-order valence-corrected chi connectivity index (χ1v) is 7.85. The van der Waals surface area contributed by atoms with Crippen LogP contribution in [0.15, 0.2) is 42.5 Å².